The number of carbonyl (C=O) groups excluding carboxylic acids is 1. The molecule has 0 saturated carbocycles. The third-order valence-corrected chi connectivity index (χ3v) is 4.06. The Morgan fingerprint density at radius 2 is 2.11 bits per heavy atom. The van der Waals surface area contributed by atoms with Gasteiger partial charge in [-0.15, -0.1) is 0 Å². The number of halogens is 2. The fraction of sp³-hybridized carbons (Fsp3) is 0.500. The molecule has 1 amide bonds. The predicted molar refractivity (Wildman–Crippen MR) is 76.8 cm³/mol. The normalized spacial score (nSPS) is 20.2. The molecule has 1 heterocycles. The van der Waals surface area contributed by atoms with Gasteiger partial charge < -0.3 is 10.0 Å². The molecular weight excluding hydrogens is 285 g/mol. The van der Waals surface area contributed by atoms with Crippen molar-refractivity contribution in [2.45, 2.75) is 31.7 Å². The number of aliphatic hydroxyl groups is 1. The lowest BCUT2D eigenvalue weighted by Gasteiger charge is -2.29. The molecule has 1 atom stereocenters. The van der Waals surface area contributed by atoms with E-state index in [1.165, 1.54) is 0 Å². The van der Waals surface area contributed by atoms with Gasteiger partial charge in [0.05, 0.1) is 23.2 Å². The summed E-state index contributed by atoms with van der Waals surface area (Å²) in [7, 11) is 0. The highest BCUT2D eigenvalue weighted by molar-refractivity contribution is 6.36. The summed E-state index contributed by atoms with van der Waals surface area (Å²) in [6.07, 6.45) is 3.94. The lowest BCUT2D eigenvalue weighted by molar-refractivity contribution is 0.0600. The predicted octanol–water partition coefficient (Wildman–Crippen LogP) is 3.37. The van der Waals surface area contributed by atoms with Crippen molar-refractivity contribution in [1.82, 2.24) is 4.90 Å². The van der Waals surface area contributed by atoms with E-state index in [0.29, 0.717) is 22.2 Å². The number of likely N-dealkylation sites (tertiary alicyclic amines) is 1. The second-order valence-electron chi connectivity index (χ2n) is 4.81. The zero-order valence-electron chi connectivity index (χ0n) is 10.6. The van der Waals surface area contributed by atoms with E-state index in [1.807, 2.05) is 0 Å². The van der Waals surface area contributed by atoms with Crippen LogP contribution in [-0.4, -0.2) is 35.1 Å². The number of benzene rings is 1. The van der Waals surface area contributed by atoms with E-state index in [4.69, 9.17) is 23.2 Å². The van der Waals surface area contributed by atoms with Crippen molar-refractivity contribution in [2.75, 3.05) is 13.2 Å². The lowest BCUT2D eigenvalue weighted by Crippen LogP contribution is -2.42. The molecule has 3 nitrogen and oxygen atoms in total. The van der Waals surface area contributed by atoms with Gasteiger partial charge in [-0.3, -0.25) is 4.79 Å². The molecule has 0 bridgehead atoms. The minimum atomic E-state index is -0.123. The maximum absolute atomic E-state index is 12.5. The van der Waals surface area contributed by atoms with Crippen LogP contribution in [0.2, 0.25) is 10.0 Å². The van der Waals surface area contributed by atoms with Gasteiger partial charge >= 0.3 is 0 Å². The van der Waals surface area contributed by atoms with Crippen LogP contribution in [0.5, 0.6) is 0 Å². The molecule has 19 heavy (non-hydrogen) atoms. The molecule has 1 aromatic carbocycles. The summed E-state index contributed by atoms with van der Waals surface area (Å²) < 4.78 is 0. The number of rotatable bonds is 2. The number of nitrogens with zero attached hydrogens (tertiary/aromatic N) is 1. The van der Waals surface area contributed by atoms with Crippen LogP contribution in [0.25, 0.3) is 0 Å². The van der Waals surface area contributed by atoms with E-state index in [0.717, 1.165) is 25.7 Å². The largest absolute Gasteiger partial charge is 0.394 e. The highest BCUT2D eigenvalue weighted by atomic mass is 35.5. The first-order valence-electron chi connectivity index (χ1n) is 6.50. The molecule has 1 fully saturated rings. The minimum Gasteiger partial charge on any atom is -0.394 e. The standard InChI is InChI=1S/C14H17Cl2NO2/c15-10-5-6-12(13(16)8-10)14(19)17-7-3-1-2-4-11(17)9-18/h5-6,8,11,18H,1-4,7,9H2. The van der Waals surface area contributed by atoms with Crippen LogP contribution in [0.3, 0.4) is 0 Å². The Morgan fingerprint density at radius 1 is 1.32 bits per heavy atom. The van der Waals surface area contributed by atoms with Crippen LogP contribution in [0.1, 0.15) is 36.0 Å². The Kier molecular flexibility index (Phi) is 5.08. The number of carbonyl (C=O) groups is 1. The molecule has 1 unspecified atom stereocenters. The molecule has 1 N–H and O–H groups in total. The number of hydrogen-bond acceptors (Lipinski definition) is 2. The van der Waals surface area contributed by atoms with Crippen molar-refractivity contribution < 1.29 is 9.90 Å². The zero-order valence-corrected chi connectivity index (χ0v) is 12.1. The van der Waals surface area contributed by atoms with Gasteiger partial charge in [-0.05, 0) is 31.0 Å². The molecule has 0 aromatic heterocycles. The topological polar surface area (TPSA) is 40.5 Å². The average molecular weight is 302 g/mol. The monoisotopic (exact) mass is 301 g/mol. The van der Waals surface area contributed by atoms with Gasteiger partial charge in [-0.2, -0.15) is 0 Å². The molecular formula is C14H17Cl2NO2. The first-order valence-corrected chi connectivity index (χ1v) is 7.26. The molecule has 1 aromatic rings. The maximum Gasteiger partial charge on any atom is 0.255 e. The Bertz CT molecular complexity index is 465. The molecule has 0 radical (unpaired) electrons. The van der Waals surface area contributed by atoms with Crippen molar-refractivity contribution in [3.8, 4) is 0 Å². The first-order chi connectivity index (χ1) is 9.13. The van der Waals surface area contributed by atoms with E-state index in [2.05, 4.69) is 0 Å². The van der Waals surface area contributed by atoms with Gasteiger partial charge in [0.1, 0.15) is 0 Å². The zero-order chi connectivity index (χ0) is 13.8. The highest BCUT2D eigenvalue weighted by Crippen LogP contribution is 2.25. The molecule has 1 aliphatic rings. The molecule has 104 valence electrons. The SMILES string of the molecule is O=C(c1ccc(Cl)cc1Cl)N1CCCCCC1CO. The van der Waals surface area contributed by atoms with Gasteiger partial charge in [-0.25, -0.2) is 0 Å². The fourth-order valence-electron chi connectivity index (χ4n) is 2.45. The Balaban J connectivity index is 2.25. The Hall–Kier alpha value is -0.770. The second-order valence-corrected chi connectivity index (χ2v) is 5.65. The molecule has 5 heteroatoms. The maximum atomic E-state index is 12.5. The fourth-order valence-corrected chi connectivity index (χ4v) is 2.94. The average Bonchev–Trinajstić information content (AvgIpc) is 2.63. The van der Waals surface area contributed by atoms with Gasteiger partial charge in [-0.1, -0.05) is 36.0 Å². The summed E-state index contributed by atoms with van der Waals surface area (Å²) in [4.78, 5) is 14.3. The van der Waals surface area contributed by atoms with Crippen molar-refractivity contribution in [1.29, 1.82) is 0 Å². The summed E-state index contributed by atoms with van der Waals surface area (Å²) in [5.41, 5.74) is 0.450. The summed E-state index contributed by atoms with van der Waals surface area (Å²) in [5.74, 6) is -0.123. The molecule has 1 aliphatic heterocycles. The minimum absolute atomic E-state index is 0.00303. The number of aliphatic hydroxyl groups excluding tert-OH is 1. The van der Waals surface area contributed by atoms with Crippen LogP contribution in [0.4, 0.5) is 0 Å². The van der Waals surface area contributed by atoms with Crippen LogP contribution < -0.4 is 0 Å². The number of amides is 1. The van der Waals surface area contributed by atoms with E-state index >= 15 is 0 Å². The van der Waals surface area contributed by atoms with Crippen LogP contribution >= 0.6 is 23.2 Å². The second kappa shape index (κ2) is 6.60. The van der Waals surface area contributed by atoms with E-state index in [9.17, 15) is 9.90 Å². The smallest absolute Gasteiger partial charge is 0.255 e. The highest BCUT2D eigenvalue weighted by Gasteiger charge is 2.26. The summed E-state index contributed by atoms with van der Waals surface area (Å²) in [6.45, 7) is 0.667. The summed E-state index contributed by atoms with van der Waals surface area (Å²) in [6, 6.07) is 4.77. The lowest BCUT2D eigenvalue weighted by atomic mass is 10.1. The van der Waals surface area contributed by atoms with Crippen molar-refractivity contribution in [2.24, 2.45) is 0 Å². The third kappa shape index (κ3) is 3.41. The third-order valence-electron chi connectivity index (χ3n) is 3.51. The van der Waals surface area contributed by atoms with Gasteiger partial charge in [0, 0.05) is 11.6 Å². The van der Waals surface area contributed by atoms with Crippen molar-refractivity contribution >= 4 is 29.1 Å². The first kappa shape index (κ1) is 14.6. The van der Waals surface area contributed by atoms with E-state index in [1.54, 1.807) is 23.1 Å². The molecule has 2 rings (SSSR count). The van der Waals surface area contributed by atoms with Gasteiger partial charge in [0.25, 0.3) is 5.91 Å². The van der Waals surface area contributed by atoms with Crippen molar-refractivity contribution in [3.05, 3.63) is 33.8 Å². The molecule has 0 aliphatic carbocycles. The summed E-state index contributed by atoms with van der Waals surface area (Å²) >= 11 is 11.9. The van der Waals surface area contributed by atoms with Crippen LogP contribution in [0, 0.1) is 0 Å². The number of hydrogen-bond donors (Lipinski definition) is 1. The molecule has 1 saturated heterocycles. The van der Waals surface area contributed by atoms with Gasteiger partial charge in [0.2, 0.25) is 0 Å². The summed E-state index contributed by atoms with van der Waals surface area (Å²) in [5, 5.41) is 10.3. The van der Waals surface area contributed by atoms with Crippen LogP contribution in [-0.2, 0) is 0 Å². The van der Waals surface area contributed by atoms with Gasteiger partial charge in [0.15, 0.2) is 0 Å². The Labute approximate surface area is 123 Å². The quantitative estimate of drug-likeness (QED) is 0.910. The van der Waals surface area contributed by atoms with Crippen LogP contribution in [0.15, 0.2) is 18.2 Å². The van der Waals surface area contributed by atoms with E-state index < -0.39 is 0 Å². The van der Waals surface area contributed by atoms with E-state index in [-0.39, 0.29) is 18.6 Å². The molecule has 0 spiro atoms. The Morgan fingerprint density at radius 3 is 2.79 bits per heavy atom. The van der Waals surface area contributed by atoms with Crippen molar-refractivity contribution in [3.63, 3.8) is 0 Å².